The molecule has 31 heavy (non-hydrogen) atoms. The van der Waals surface area contributed by atoms with Crippen molar-refractivity contribution in [1.82, 2.24) is 10.3 Å². The lowest BCUT2D eigenvalue weighted by atomic mass is 10.00. The summed E-state index contributed by atoms with van der Waals surface area (Å²) >= 11 is 0. The minimum absolute atomic E-state index is 0.0296. The SMILES string of the molecule is CCC1CCCCN1c1ccc2cccc(OCC(=O)NCc3ccc(C)cc3)c2n1. The number of piperidine rings is 1. The number of carbonyl (C=O) groups is 1. The maximum atomic E-state index is 12.3. The van der Waals surface area contributed by atoms with E-state index >= 15 is 0 Å². The smallest absolute Gasteiger partial charge is 0.258 e. The van der Waals surface area contributed by atoms with Crippen molar-refractivity contribution in [3.05, 3.63) is 65.7 Å². The van der Waals surface area contributed by atoms with E-state index in [4.69, 9.17) is 9.72 Å². The van der Waals surface area contributed by atoms with Crippen LogP contribution in [0.2, 0.25) is 0 Å². The molecule has 1 saturated heterocycles. The quantitative estimate of drug-likeness (QED) is 0.587. The lowest BCUT2D eigenvalue weighted by Gasteiger charge is -2.36. The van der Waals surface area contributed by atoms with E-state index in [2.05, 4.69) is 29.3 Å². The van der Waals surface area contributed by atoms with E-state index in [1.54, 1.807) is 0 Å². The molecule has 4 rings (SSSR count). The van der Waals surface area contributed by atoms with Crippen LogP contribution in [0.4, 0.5) is 5.82 Å². The van der Waals surface area contributed by atoms with Crippen LogP contribution in [0.3, 0.4) is 0 Å². The molecule has 1 fully saturated rings. The standard InChI is InChI=1S/C26H31N3O2/c1-3-22-8-4-5-16-29(22)24-15-14-21-7-6-9-23(26(21)28-24)31-18-25(30)27-17-20-12-10-19(2)11-13-20/h6-7,9-15,22H,3-5,8,16-18H2,1-2H3,(H,27,30). The maximum Gasteiger partial charge on any atom is 0.258 e. The Labute approximate surface area is 184 Å². The van der Waals surface area contributed by atoms with Gasteiger partial charge in [0.1, 0.15) is 17.1 Å². The molecule has 1 amide bonds. The average Bonchev–Trinajstić information content (AvgIpc) is 2.82. The van der Waals surface area contributed by atoms with Gasteiger partial charge in [-0.15, -0.1) is 0 Å². The normalized spacial score (nSPS) is 16.3. The summed E-state index contributed by atoms with van der Waals surface area (Å²) in [6.07, 6.45) is 4.83. The van der Waals surface area contributed by atoms with Crippen LogP contribution in [-0.4, -0.2) is 30.1 Å². The predicted octanol–water partition coefficient (Wildman–Crippen LogP) is 5.01. The predicted molar refractivity (Wildman–Crippen MR) is 126 cm³/mol. The summed E-state index contributed by atoms with van der Waals surface area (Å²) in [6, 6.07) is 18.7. The zero-order valence-electron chi connectivity index (χ0n) is 18.4. The molecule has 3 aromatic rings. The highest BCUT2D eigenvalue weighted by atomic mass is 16.5. The molecule has 5 heteroatoms. The molecule has 1 aliphatic rings. The van der Waals surface area contributed by atoms with Crippen LogP contribution < -0.4 is 15.0 Å². The first-order valence-electron chi connectivity index (χ1n) is 11.3. The molecular formula is C26H31N3O2. The Morgan fingerprint density at radius 1 is 1.13 bits per heavy atom. The Bertz CT molecular complexity index is 1030. The van der Waals surface area contributed by atoms with E-state index in [1.807, 2.05) is 49.4 Å². The monoisotopic (exact) mass is 417 g/mol. The van der Waals surface area contributed by atoms with Crippen molar-refractivity contribution in [1.29, 1.82) is 0 Å². The van der Waals surface area contributed by atoms with Crippen molar-refractivity contribution in [2.24, 2.45) is 0 Å². The Morgan fingerprint density at radius 2 is 1.97 bits per heavy atom. The zero-order chi connectivity index (χ0) is 21.6. The van der Waals surface area contributed by atoms with Gasteiger partial charge in [-0.05, 0) is 56.4 Å². The van der Waals surface area contributed by atoms with Gasteiger partial charge in [-0.1, -0.05) is 48.9 Å². The molecule has 1 aromatic heterocycles. The van der Waals surface area contributed by atoms with E-state index in [-0.39, 0.29) is 12.5 Å². The van der Waals surface area contributed by atoms with Crippen LogP contribution in [0.1, 0.15) is 43.7 Å². The van der Waals surface area contributed by atoms with E-state index in [0.29, 0.717) is 18.3 Å². The van der Waals surface area contributed by atoms with E-state index < -0.39 is 0 Å². The number of nitrogens with zero attached hydrogens (tertiary/aromatic N) is 2. The third-order valence-electron chi connectivity index (χ3n) is 6.03. The van der Waals surface area contributed by atoms with Gasteiger partial charge in [0.25, 0.3) is 5.91 Å². The minimum Gasteiger partial charge on any atom is -0.481 e. The molecule has 162 valence electrons. The number of hydrogen-bond donors (Lipinski definition) is 1. The number of nitrogens with one attached hydrogen (secondary N) is 1. The number of aryl methyl sites for hydroxylation is 1. The fourth-order valence-corrected chi connectivity index (χ4v) is 4.21. The van der Waals surface area contributed by atoms with Crippen molar-refractivity contribution in [3.8, 4) is 5.75 Å². The summed E-state index contributed by atoms with van der Waals surface area (Å²) in [4.78, 5) is 19.7. The Morgan fingerprint density at radius 3 is 2.77 bits per heavy atom. The summed E-state index contributed by atoms with van der Waals surface area (Å²) in [6.45, 7) is 5.80. The molecular weight excluding hydrogens is 386 g/mol. The number of anilines is 1. The molecule has 0 bridgehead atoms. The molecule has 2 heterocycles. The molecule has 1 unspecified atom stereocenters. The number of rotatable bonds is 7. The van der Waals surface area contributed by atoms with Crippen molar-refractivity contribution in [2.45, 2.75) is 52.1 Å². The van der Waals surface area contributed by atoms with Gasteiger partial charge in [0.05, 0.1) is 0 Å². The number of carbonyl (C=O) groups excluding carboxylic acids is 1. The number of benzene rings is 2. The fraction of sp³-hybridized carbons (Fsp3) is 0.385. The number of pyridine rings is 1. The molecule has 0 radical (unpaired) electrons. The number of amides is 1. The van der Waals surface area contributed by atoms with Crippen LogP contribution in [0.25, 0.3) is 10.9 Å². The van der Waals surface area contributed by atoms with Gasteiger partial charge >= 0.3 is 0 Å². The number of aromatic nitrogens is 1. The highest BCUT2D eigenvalue weighted by Crippen LogP contribution is 2.30. The van der Waals surface area contributed by atoms with Crippen LogP contribution in [0, 0.1) is 6.92 Å². The van der Waals surface area contributed by atoms with Gasteiger partial charge in [0.15, 0.2) is 6.61 Å². The second kappa shape index (κ2) is 9.82. The number of ether oxygens (including phenoxy) is 1. The van der Waals surface area contributed by atoms with E-state index in [0.717, 1.165) is 35.2 Å². The molecule has 2 aromatic carbocycles. The van der Waals surface area contributed by atoms with Crippen molar-refractivity contribution < 1.29 is 9.53 Å². The lowest BCUT2D eigenvalue weighted by molar-refractivity contribution is -0.123. The van der Waals surface area contributed by atoms with Gasteiger partial charge < -0.3 is 15.0 Å². The second-order valence-electron chi connectivity index (χ2n) is 8.30. The van der Waals surface area contributed by atoms with Crippen LogP contribution in [0.15, 0.2) is 54.6 Å². The van der Waals surface area contributed by atoms with Crippen LogP contribution in [-0.2, 0) is 11.3 Å². The Balaban J connectivity index is 1.44. The zero-order valence-corrected chi connectivity index (χ0v) is 18.4. The Hall–Kier alpha value is -3.08. The van der Waals surface area contributed by atoms with Crippen molar-refractivity contribution >= 4 is 22.6 Å². The Kier molecular flexibility index (Phi) is 6.70. The molecule has 1 N–H and O–H groups in total. The largest absolute Gasteiger partial charge is 0.481 e. The topological polar surface area (TPSA) is 54.5 Å². The van der Waals surface area contributed by atoms with Gasteiger partial charge in [0.2, 0.25) is 0 Å². The molecule has 1 aliphatic heterocycles. The van der Waals surface area contributed by atoms with E-state index in [1.165, 1.54) is 24.8 Å². The van der Waals surface area contributed by atoms with E-state index in [9.17, 15) is 4.79 Å². The molecule has 0 saturated carbocycles. The van der Waals surface area contributed by atoms with Crippen molar-refractivity contribution in [2.75, 3.05) is 18.1 Å². The summed E-state index contributed by atoms with van der Waals surface area (Å²) in [7, 11) is 0. The summed E-state index contributed by atoms with van der Waals surface area (Å²) < 4.78 is 5.89. The number of para-hydroxylation sites is 1. The number of fused-ring (bicyclic) bond motifs is 1. The highest BCUT2D eigenvalue weighted by molar-refractivity contribution is 5.86. The van der Waals surface area contributed by atoms with Gasteiger partial charge in [-0.2, -0.15) is 0 Å². The highest BCUT2D eigenvalue weighted by Gasteiger charge is 2.22. The fourth-order valence-electron chi connectivity index (χ4n) is 4.21. The maximum absolute atomic E-state index is 12.3. The van der Waals surface area contributed by atoms with Gasteiger partial charge in [0, 0.05) is 24.5 Å². The average molecular weight is 418 g/mol. The molecule has 1 atom stereocenters. The number of hydrogen-bond acceptors (Lipinski definition) is 4. The first kappa shape index (κ1) is 21.2. The molecule has 0 spiro atoms. The second-order valence-corrected chi connectivity index (χ2v) is 8.30. The summed E-state index contributed by atoms with van der Waals surface area (Å²) in [5, 5.41) is 3.94. The summed E-state index contributed by atoms with van der Waals surface area (Å²) in [5.41, 5.74) is 3.09. The molecule has 0 aliphatic carbocycles. The first-order chi connectivity index (χ1) is 15.1. The summed E-state index contributed by atoms with van der Waals surface area (Å²) in [5.74, 6) is 1.50. The third-order valence-corrected chi connectivity index (χ3v) is 6.03. The minimum atomic E-state index is -0.143. The van der Waals surface area contributed by atoms with Gasteiger partial charge in [-0.3, -0.25) is 4.79 Å². The molecule has 5 nitrogen and oxygen atoms in total. The van der Waals surface area contributed by atoms with Gasteiger partial charge in [-0.25, -0.2) is 4.98 Å². The van der Waals surface area contributed by atoms with Crippen LogP contribution >= 0.6 is 0 Å². The lowest BCUT2D eigenvalue weighted by Crippen LogP contribution is -2.39. The first-order valence-corrected chi connectivity index (χ1v) is 11.3. The van der Waals surface area contributed by atoms with Crippen molar-refractivity contribution in [3.63, 3.8) is 0 Å². The van der Waals surface area contributed by atoms with Crippen LogP contribution in [0.5, 0.6) is 5.75 Å². The third kappa shape index (κ3) is 5.16.